The minimum Gasteiger partial charge on any atom is -0.496 e. The van der Waals surface area contributed by atoms with Crippen LogP contribution in [0.15, 0.2) is 11.8 Å². The van der Waals surface area contributed by atoms with E-state index in [1.165, 1.54) is 5.75 Å². The van der Waals surface area contributed by atoms with Crippen molar-refractivity contribution in [2.75, 3.05) is 31.7 Å². The molecule has 0 aliphatic carbocycles. The van der Waals surface area contributed by atoms with Crippen LogP contribution in [0, 0.1) is 0 Å². The number of hydrazine groups is 1. The lowest BCUT2D eigenvalue weighted by Crippen LogP contribution is -2.56. The Labute approximate surface area is 102 Å². The van der Waals surface area contributed by atoms with Crippen molar-refractivity contribution < 1.29 is 4.74 Å². The van der Waals surface area contributed by atoms with Gasteiger partial charge in [0, 0.05) is 24.1 Å². The van der Waals surface area contributed by atoms with Crippen molar-refractivity contribution in [3.8, 4) is 0 Å². The lowest BCUT2D eigenvalue weighted by molar-refractivity contribution is 0.131. The van der Waals surface area contributed by atoms with Gasteiger partial charge in [-0.1, -0.05) is 0 Å². The second kappa shape index (κ2) is 5.91. The predicted molar refractivity (Wildman–Crippen MR) is 68.1 cm³/mol. The average Bonchev–Trinajstić information content (AvgIpc) is 2.34. The molecule has 0 aromatic heterocycles. The number of likely N-dealkylation sites (N-methyl/N-ethyl adjacent to an activating group) is 1. The Bertz CT molecular complexity index is 260. The number of ether oxygens (including phenoxy) is 1. The molecule has 92 valence electrons. The van der Waals surface area contributed by atoms with E-state index in [1.807, 2.05) is 11.8 Å². The van der Waals surface area contributed by atoms with Gasteiger partial charge in [0.1, 0.15) is 5.76 Å². The van der Waals surface area contributed by atoms with Gasteiger partial charge < -0.3 is 4.74 Å². The van der Waals surface area contributed by atoms with Gasteiger partial charge in [0.25, 0.3) is 0 Å². The van der Waals surface area contributed by atoms with E-state index in [1.54, 1.807) is 0 Å². The fourth-order valence-electron chi connectivity index (χ4n) is 2.23. The maximum absolute atomic E-state index is 5.72. The third kappa shape index (κ3) is 2.71. The summed E-state index contributed by atoms with van der Waals surface area (Å²) in [7, 11) is 2.16. The normalized spacial score (nSPS) is 29.4. The zero-order chi connectivity index (χ0) is 11.4. The Morgan fingerprint density at radius 2 is 2.56 bits per heavy atom. The zero-order valence-corrected chi connectivity index (χ0v) is 10.6. The molecule has 0 aromatic rings. The molecule has 2 heterocycles. The third-order valence-electron chi connectivity index (χ3n) is 3.28. The van der Waals surface area contributed by atoms with Crippen molar-refractivity contribution in [2.45, 2.75) is 24.9 Å². The van der Waals surface area contributed by atoms with Gasteiger partial charge in [-0.05, 0) is 26.0 Å². The van der Waals surface area contributed by atoms with Gasteiger partial charge in [-0.25, -0.2) is 5.43 Å². The van der Waals surface area contributed by atoms with Crippen LogP contribution in [0.5, 0.6) is 0 Å². The van der Waals surface area contributed by atoms with Gasteiger partial charge >= 0.3 is 0 Å². The molecule has 0 spiro atoms. The van der Waals surface area contributed by atoms with E-state index in [9.17, 15) is 0 Å². The molecule has 2 rings (SSSR count). The topological polar surface area (TPSA) is 50.5 Å². The quantitative estimate of drug-likeness (QED) is 0.560. The molecule has 0 saturated carbocycles. The molecule has 0 bridgehead atoms. The van der Waals surface area contributed by atoms with Crippen molar-refractivity contribution in [3.05, 3.63) is 11.8 Å². The summed E-state index contributed by atoms with van der Waals surface area (Å²) in [5.41, 5.74) is 2.92. The summed E-state index contributed by atoms with van der Waals surface area (Å²) in [5.74, 6) is 9.05. The fourth-order valence-corrected chi connectivity index (χ4v) is 3.50. The number of hydrogen-bond acceptors (Lipinski definition) is 5. The van der Waals surface area contributed by atoms with E-state index in [-0.39, 0.29) is 6.04 Å². The van der Waals surface area contributed by atoms with Gasteiger partial charge in [-0.3, -0.25) is 10.7 Å². The summed E-state index contributed by atoms with van der Waals surface area (Å²) in [5, 5.41) is 0. The van der Waals surface area contributed by atoms with Gasteiger partial charge in [0.05, 0.1) is 12.6 Å². The van der Waals surface area contributed by atoms with Gasteiger partial charge in [-0.2, -0.15) is 11.8 Å². The van der Waals surface area contributed by atoms with E-state index in [2.05, 4.69) is 23.4 Å². The van der Waals surface area contributed by atoms with Crippen molar-refractivity contribution in [3.63, 3.8) is 0 Å². The van der Waals surface area contributed by atoms with Crippen LogP contribution >= 0.6 is 11.8 Å². The monoisotopic (exact) mass is 243 g/mol. The molecule has 2 atom stereocenters. The number of thioether (sulfide) groups is 1. The van der Waals surface area contributed by atoms with Gasteiger partial charge in [0.15, 0.2) is 0 Å². The lowest BCUT2D eigenvalue weighted by Gasteiger charge is -2.38. The van der Waals surface area contributed by atoms with Gasteiger partial charge in [0.2, 0.25) is 0 Å². The van der Waals surface area contributed by atoms with Gasteiger partial charge in [-0.15, -0.1) is 0 Å². The molecule has 1 saturated heterocycles. The van der Waals surface area contributed by atoms with E-state index in [4.69, 9.17) is 10.6 Å². The third-order valence-corrected chi connectivity index (χ3v) is 4.33. The minimum absolute atomic E-state index is 0.137. The molecule has 0 radical (unpaired) electrons. The molecule has 0 amide bonds. The standard InChI is InChI=1S/C11H21N3OS/c1-14-5-7-16-8-9(14)11(13-12)10-4-2-3-6-15-10/h4,9,11,13H,2-3,5-8,12H2,1H3. The molecule has 2 aliphatic heterocycles. The molecule has 3 N–H and O–H groups in total. The molecule has 1 fully saturated rings. The Hall–Kier alpha value is -0.230. The lowest BCUT2D eigenvalue weighted by atomic mass is 10.0. The maximum atomic E-state index is 5.72. The molecule has 2 aliphatic rings. The summed E-state index contributed by atoms with van der Waals surface area (Å²) in [6, 6.07) is 0.575. The average molecular weight is 243 g/mol. The highest BCUT2D eigenvalue weighted by atomic mass is 32.2. The minimum atomic E-state index is 0.137. The molecule has 0 aromatic carbocycles. The van der Waals surface area contributed by atoms with Crippen molar-refractivity contribution in [1.82, 2.24) is 10.3 Å². The summed E-state index contributed by atoms with van der Waals surface area (Å²) in [6.45, 7) is 1.95. The highest BCUT2D eigenvalue weighted by Gasteiger charge is 2.31. The number of nitrogens with two attached hydrogens (primary N) is 1. The predicted octanol–water partition coefficient (Wildman–Crippen LogP) is 0.560. The van der Waals surface area contributed by atoms with E-state index < -0.39 is 0 Å². The van der Waals surface area contributed by atoms with E-state index >= 15 is 0 Å². The first-order chi connectivity index (χ1) is 7.83. The Morgan fingerprint density at radius 3 is 3.19 bits per heavy atom. The summed E-state index contributed by atoms with van der Waals surface area (Å²) < 4.78 is 5.72. The Kier molecular flexibility index (Phi) is 4.52. The molecule has 4 nitrogen and oxygen atoms in total. The second-order valence-corrected chi connectivity index (χ2v) is 5.51. The SMILES string of the molecule is CN1CCSCC1C(NN)C1=CCCCO1. The summed E-state index contributed by atoms with van der Waals surface area (Å²) in [6.07, 6.45) is 4.41. The van der Waals surface area contributed by atoms with Crippen LogP contribution in [0.3, 0.4) is 0 Å². The highest BCUT2D eigenvalue weighted by molar-refractivity contribution is 7.99. The first-order valence-electron chi connectivity index (χ1n) is 5.90. The Balaban J connectivity index is 2.05. The van der Waals surface area contributed by atoms with Crippen molar-refractivity contribution >= 4 is 11.8 Å². The molecule has 16 heavy (non-hydrogen) atoms. The summed E-state index contributed by atoms with van der Waals surface area (Å²) >= 11 is 1.99. The molecule has 2 unspecified atom stereocenters. The van der Waals surface area contributed by atoms with Crippen LogP contribution in [0.4, 0.5) is 0 Å². The van der Waals surface area contributed by atoms with Crippen LogP contribution in [0.2, 0.25) is 0 Å². The van der Waals surface area contributed by atoms with Crippen LogP contribution in [0.25, 0.3) is 0 Å². The van der Waals surface area contributed by atoms with E-state index in [0.717, 1.165) is 37.5 Å². The number of nitrogens with one attached hydrogen (secondary N) is 1. The van der Waals surface area contributed by atoms with Crippen LogP contribution in [-0.2, 0) is 4.74 Å². The number of nitrogens with zero attached hydrogens (tertiary/aromatic N) is 1. The first kappa shape index (κ1) is 12.2. The first-order valence-corrected chi connectivity index (χ1v) is 7.05. The summed E-state index contributed by atoms with van der Waals surface area (Å²) in [4.78, 5) is 2.37. The van der Waals surface area contributed by atoms with Crippen LogP contribution in [0.1, 0.15) is 12.8 Å². The number of hydrogen-bond donors (Lipinski definition) is 2. The highest BCUT2D eigenvalue weighted by Crippen LogP contribution is 2.23. The molecular weight excluding hydrogens is 222 g/mol. The van der Waals surface area contributed by atoms with Crippen molar-refractivity contribution in [2.24, 2.45) is 5.84 Å². The van der Waals surface area contributed by atoms with E-state index in [0.29, 0.717) is 6.04 Å². The van der Waals surface area contributed by atoms with Crippen LogP contribution in [-0.4, -0.2) is 48.7 Å². The molecule has 5 heteroatoms. The smallest absolute Gasteiger partial charge is 0.112 e. The number of allylic oxidation sites excluding steroid dienone is 1. The maximum Gasteiger partial charge on any atom is 0.112 e. The van der Waals surface area contributed by atoms with Crippen molar-refractivity contribution in [1.29, 1.82) is 0 Å². The second-order valence-electron chi connectivity index (χ2n) is 4.36. The largest absolute Gasteiger partial charge is 0.496 e. The fraction of sp³-hybridized carbons (Fsp3) is 0.818. The number of rotatable bonds is 3. The van der Waals surface area contributed by atoms with Crippen LogP contribution < -0.4 is 11.3 Å². The Morgan fingerprint density at radius 1 is 1.69 bits per heavy atom. The molecular formula is C11H21N3OS. The zero-order valence-electron chi connectivity index (χ0n) is 9.82.